The number of allylic oxidation sites excluding steroid dienone is 1. The summed E-state index contributed by atoms with van der Waals surface area (Å²) < 4.78 is 0. The molecular weight excluding hydrogens is 130 g/mol. The maximum absolute atomic E-state index is 8.58. The van der Waals surface area contributed by atoms with Crippen molar-refractivity contribution >= 4 is 0 Å². The summed E-state index contributed by atoms with van der Waals surface area (Å²) in [6, 6.07) is -0.184. The van der Waals surface area contributed by atoms with Gasteiger partial charge < -0.3 is 15.5 Å². The zero-order valence-electron chi connectivity index (χ0n) is 6.25. The lowest BCUT2D eigenvalue weighted by atomic mass is 10.3. The number of hydrogen-bond donors (Lipinski definition) is 3. The maximum Gasteiger partial charge on any atom is 0.0607 e. The number of hydrogen-bond acceptors (Lipinski definition) is 3. The summed E-state index contributed by atoms with van der Waals surface area (Å²) in [6.45, 7) is 2.58. The Kier molecular flexibility index (Phi) is 6.48. The Morgan fingerprint density at radius 3 is 2.40 bits per heavy atom. The van der Waals surface area contributed by atoms with Gasteiger partial charge in [0.1, 0.15) is 0 Å². The summed E-state index contributed by atoms with van der Waals surface area (Å²) in [5.74, 6) is 0. The molecule has 0 fully saturated rings. The molecule has 0 aliphatic heterocycles. The third-order valence-corrected chi connectivity index (χ3v) is 1.20. The van der Waals surface area contributed by atoms with E-state index in [-0.39, 0.29) is 19.3 Å². The van der Waals surface area contributed by atoms with E-state index in [9.17, 15) is 0 Å². The average molecular weight is 145 g/mol. The van der Waals surface area contributed by atoms with Crippen LogP contribution in [0.2, 0.25) is 0 Å². The molecule has 0 bridgehead atoms. The fourth-order valence-corrected chi connectivity index (χ4v) is 0.539. The van der Waals surface area contributed by atoms with Gasteiger partial charge in [0.25, 0.3) is 0 Å². The predicted octanol–water partition coefficient (Wildman–Crippen LogP) is -0.495. The average Bonchev–Trinajstić information content (AvgIpc) is 1.99. The molecule has 0 aromatic carbocycles. The highest BCUT2D eigenvalue weighted by molar-refractivity contribution is 4.81. The molecule has 0 aromatic rings. The molecule has 0 saturated carbocycles. The van der Waals surface area contributed by atoms with Gasteiger partial charge in [-0.05, 0) is 6.92 Å². The zero-order chi connectivity index (χ0) is 7.82. The Balaban J connectivity index is 3.25. The first-order valence-electron chi connectivity index (χ1n) is 3.41. The topological polar surface area (TPSA) is 52.5 Å². The molecule has 0 rings (SSSR count). The lowest BCUT2D eigenvalue weighted by molar-refractivity contribution is 0.174. The molecule has 0 spiro atoms. The van der Waals surface area contributed by atoms with Gasteiger partial charge in [0.05, 0.1) is 19.3 Å². The summed E-state index contributed by atoms with van der Waals surface area (Å²) >= 11 is 0. The third kappa shape index (κ3) is 4.49. The van der Waals surface area contributed by atoms with Gasteiger partial charge in [0.2, 0.25) is 0 Å². The largest absolute Gasteiger partial charge is 0.395 e. The van der Waals surface area contributed by atoms with Crippen molar-refractivity contribution < 1.29 is 10.2 Å². The molecule has 0 aliphatic carbocycles. The van der Waals surface area contributed by atoms with E-state index in [0.29, 0.717) is 6.54 Å². The van der Waals surface area contributed by atoms with E-state index in [1.165, 1.54) is 0 Å². The van der Waals surface area contributed by atoms with E-state index in [1.807, 2.05) is 19.1 Å². The summed E-state index contributed by atoms with van der Waals surface area (Å²) in [6.07, 6.45) is 3.84. The van der Waals surface area contributed by atoms with Crippen LogP contribution in [0.15, 0.2) is 12.2 Å². The van der Waals surface area contributed by atoms with Crippen molar-refractivity contribution in [2.45, 2.75) is 13.0 Å². The molecule has 3 N–H and O–H groups in total. The zero-order valence-corrected chi connectivity index (χ0v) is 6.25. The van der Waals surface area contributed by atoms with E-state index < -0.39 is 0 Å². The standard InChI is InChI=1S/C7H15NO2/c1-2-3-4-8-7(5-9)6-10/h2-3,7-10H,4-6H2,1H3/b3-2+. The third-order valence-electron chi connectivity index (χ3n) is 1.20. The van der Waals surface area contributed by atoms with Gasteiger partial charge in [-0.3, -0.25) is 0 Å². The molecule has 0 aliphatic rings. The number of rotatable bonds is 5. The molecule has 0 radical (unpaired) electrons. The van der Waals surface area contributed by atoms with E-state index in [1.54, 1.807) is 0 Å². The second kappa shape index (κ2) is 6.74. The van der Waals surface area contributed by atoms with Crippen molar-refractivity contribution in [2.75, 3.05) is 19.8 Å². The van der Waals surface area contributed by atoms with Crippen LogP contribution in [0.4, 0.5) is 0 Å². The van der Waals surface area contributed by atoms with Crippen molar-refractivity contribution in [3.63, 3.8) is 0 Å². The van der Waals surface area contributed by atoms with Crippen LogP contribution in [0, 0.1) is 0 Å². The van der Waals surface area contributed by atoms with Gasteiger partial charge in [-0.25, -0.2) is 0 Å². The molecule has 0 atom stereocenters. The van der Waals surface area contributed by atoms with Crippen molar-refractivity contribution in [3.05, 3.63) is 12.2 Å². The highest BCUT2D eigenvalue weighted by Gasteiger charge is 2.00. The van der Waals surface area contributed by atoms with Crippen LogP contribution < -0.4 is 5.32 Å². The van der Waals surface area contributed by atoms with E-state index >= 15 is 0 Å². The molecule has 3 heteroatoms. The molecule has 0 amide bonds. The summed E-state index contributed by atoms with van der Waals surface area (Å²) in [7, 11) is 0. The second-order valence-electron chi connectivity index (χ2n) is 2.04. The normalized spacial score (nSPS) is 11.6. The molecule has 0 saturated heterocycles. The highest BCUT2D eigenvalue weighted by Crippen LogP contribution is 1.78. The lowest BCUT2D eigenvalue weighted by Gasteiger charge is -2.10. The van der Waals surface area contributed by atoms with Crippen LogP contribution in [0.5, 0.6) is 0 Å². The van der Waals surface area contributed by atoms with E-state index in [2.05, 4.69) is 5.32 Å². The van der Waals surface area contributed by atoms with Gasteiger partial charge in [-0.1, -0.05) is 12.2 Å². The molecule has 0 unspecified atom stereocenters. The first-order chi connectivity index (χ1) is 4.85. The smallest absolute Gasteiger partial charge is 0.0607 e. The van der Waals surface area contributed by atoms with Crippen molar-refractivity contribution in [1.82, 2.24) is 5.32 Å². The quantitative estimate of drug-likeness (QED) is 0.457. The molecule has 0 aromatic heterocycles. The molecule has 10 heavy (non-hydrogen) atoms. The van der Waals surface area contributed by atoms with Crippen molar-refractivity contribution in [3.8, 4) is 0 Å². The van der Waals surface area contributed by atoms with Gasteiger partial charge in [0, 0.05) is 6.54 Å². The SMILES string of the molecule is C/C=C/CNC(CO)CO. The minimum atomic E-state index is -0.184. The van der Waals surface area contributed by atoms with Crippen LogP contribution >= 0.6 is 0 Å². The molecule has 60 valence electrons. The Morgan fingerprint density at radius 1 is 1.40 bits per heavy atom. The number of aliphatic hydroxyl groups is 2. The second-order valence-corrected chi connectivity index (χ2v) is 2.04. The lowest BCUT2D eigenvalue weighted by Crippen LogP contribution is -2.35. The Labute approximate surface area is 61.4 Å². The minimum absolute atomic E-state index is 0.0198. The van der Waals surface area contributed by atoms with Crippen LogP contribution in [-0.4, -0.2) is 36.0 Å². The fourth-order valence-electron chi connectivity index (χ4n) is 0.539. The summed E-state index contributed by atoms with van der Waals surface area (Å²) in [5.41, 5.74) is 0. The molecule has 0 heterocycles. The van der Waals surface area contributed by atoms with Gasteiger partial charge >= 0.3 is 0 Å². The molecular formula is C7H15NO2. The molecule has 3 nitrogen and oxygen atoms in total. The predicted molar refractivity (Wildman–Crippen MR) is 40.8 cm³/mol. The van der Waals surface area contributed by atoms with Gasteiger partial charge in [-0.2, -0.15) is 0 Å². The fraction of sp³-hybridized carbons (Fsp3) is 0.714. The van der Waals surface area contributed by atoms with Gasteiger partial charge in [-0.15, -0.1) is 0 Å². The summed E-state index contributed by atoms with van der Waals surface area (Å²) in [5, 5.41) is 20.1. The maximum atomic E-state index is 8.58. The van der Waals surface area contributed by atoms with Crippen LogP contribution in [0.1, 0.15) is 6.92 Å². The van der Waals surface area contributed by atoms with E-state index in [4.69, 9.17) is 10.2 Å². The van der Waals surface area contributed by atoms with Crippen LogP contribution in [0.3, 0.4) is 0 Å². The van der Waals surface area contributed by atoms with Crippen molar-refractivity contribution in [2.24, 2.45) is 0 Å². The Hall–Kier alpha value is -0.380. The number of nitrogens with one attached hydrogen (secondary N) is 1. The first-order valence-corrected chi connectivity index (χ1v) is 3.41. The Morgan fingerprint density at radius 2 is 2.00 bits per heavy atom. The van der Waals surface area contributed by atoms with E-state index in [0.717, 1.165) is 0 Å². The monoisotopic (exact) mass is 145 g/mol. The Bertz CT molecular complexity index is 89.6. The number of aliphatic hydroxyl groups excluding tert-OH is 2. The van der Waals surface area contributed by atoms with Crippen molar-refractivity contribution in [1.29, 1.82) is 0 Å². The highest BCUT2D eigenvalue weighted by atomic mass is 16.3. The first kappa shape index (κ1) is 9.62. The summed E-state index contributed by atoms with van der Waals surface area (Å²) in [4.78, 5) is 0. The van der Waals surface area contributed by atoms with Gasteiger partial charge in [0.15, 0.2) is 0 Å². The minimum Gasteiger partial charge on any atom is -0.395 e. The van der Waals surface area contributed by atoms with Crippen LogP contribution in [-0.2, 0) is 0 Å². The van der Waals surface area contributed by atoms with Crippen LogP contribution in [0.25, 0.3) is 0 Å².